The van der Waals surface area contributed by atoms with Crippen molar-refractivity contribution >= 4 is 0 Å². The van der Waals surface area contributed by atoms with Crippen LogP contribution in [0.15, 0.2) is 18.3 Å². The molecular weight excluding hydrogens is 202 g/mol. The van der Waals surface area contributed by atoms with E-state index in [0.717, 1.165) is 37.1 Å². The Hall–Kier alpha value is -0.930. The van der Waals surface area contributed by atoms with Gasteiger partial charge in [-0.2, -0.15) is 0 Å². The third-order valence-corrected chi connectivity index (χ3v) is 3.11. The summed E-state index contributed by atoms with van der Waals surface area (Å²) in [4.78, 5) is 4.29. The molecule has 3 nitrogen and oxygen atoms in total. The topological polar surface area (TPSA) is 42.4 Å². The molecule has 2 rings (SSSR count). The van der Waals surface area contributed by atoms with E-state index in [1.165, 1.54) is 0 Å². The number of hydrogen-bond donors (Lipinski definition) is 1. The molecular formula is C13H19NO2. The zero-order valence-corrected chi connectivity index (χ0v) is 9.72. The minimum atomic E-state index is -0.336. The second-order valence-corrected chi connectivity index (χ2v) is 4.50. The van der Waals surface area contributed by atoms with E-state index in [4.69, 9.17) is 4.74 Å². The fourth-order valence-corrected chi connectivity index (χ4v) is 2.17. The van der Waals surface area contributed by atoms with Crippen LogP contribution < -0.4 is 0 Å². The Morgan fingerprint density at radius 2 is 2.50 bits per heavy atom. The number of hydrogen-bond acceptors (Lipinski definition) is 3. The summed E-state index contributed by atoms with van der Waals surface area (Å²) < 4.78 is 5.51. The minimum Gasteiger partial charge on any atom is -0.393 e. The average molecular weight is 221 g/mol. The van der Waals surface area contributed by atoms with E-state index in [0.29, 0.717) is 6.42 Å². The van der Waals surface area contributed by atoms with Gasteiger partial charge in [0.15, 0.2) is 0 Å². The van der Waals surface area contributed by atoms with Crippen LogP contribution in [0.5, 0.6) is 0 Å². The molecule has 16 heavy (non-hydrogen) atoms. The number of ether oxygens (including phenoxy) is 1. The third kappa shape index (κ3) is 3.03. The van der Waals surface area contributed by atoms with E-state index >= 15 is 0 Å². The van der Waals surface area contributed by atoms with Gasteiger partial charge in [0.25, 0.3) is 0 Å². The lowest BCUT2D eigenvalue weighted by Gasteiger charge is -2.15. The molecule has 2 heterocycles. The quantitative estimate of drug-likeness (QED) is 0.844. The van der Waals surface area contributed by atoms with Gasteiger partial charge in [-0.15, -0.1) is 0 Å². The number of pyridine rings is 1. The molecule has 1 aromatic heterocycles. The highest BCUT2D eigenvalue weighted by Crippen LogP contribution is 2.18. The van der Waals surface area contributed by atoms with Gasteiger partial charge in [0.1, 0.15) is 0 Å². The molecule has 3 heteroatoms. The first-order chi connectivity index (χ1) is 7.75. The number of rotatable bonds is 4. The van der Waals surface area contributed by atoms with Crippen LogP contribution in [0.25, 0.3) is 0 Å². The van der Waals surface area contributed by atoms with Crippen molar-refractivity contribution in [1.82, 2.24) is 4.98 Å². The van der Waals surface area contributed by atoms with Crippen LogP contribution >= 0.6 is 0 Å². The Labute approximate surface area is 96.5 Å². The number of aliphatic hydroxyl groups excluding tert-OH is 1. The largest absolute Gasteiger partial charge is 0.393 e. The van der Waals surface area contributed by atoms with Gasteiger partial charge >= 0.3 is 0 Å². The van der Waals surface area contributed by atoms with Gasteiger partial charge in [-0.1, -0.05) is 6.07 Å². The molecule has 1 saturated heterocycles. The first-order valence-corrected chi connectivity index (χ1v) is 5.96. The van der Waals surface area contributed by atoms with Crippen molar-refractivity contribution in [2.75, 3.05) is 6.61 Å². The summed E-state index contributed by atoms with van der Waals surface area (Å²) in [6, 6.07) is 3.95. The highest BCUT2D eigenvalue weighted by molar-refractivity contribution is 5.18. The molecule has 1 N–H and O–H groups in total. The maximum atomic E-state index is 9.97. The van der Waals surface area contributed by atoms with Crippen molar-refractivity contribution < 1.29 is 9.84 Å². The predicted molar refractivity (Wildman–Crippen MR) is 62.3 cm³/mol. The molecule has 0 amide bonds. The molecule has 88 valence electrons. The summed E-state index contributed by atoms with van der Waals surface area (Å²) in [7, 11) is 0. The van der Waals surface area contributed by atoms with E-state index in [9.17, 15) is 5.11 Å². The maximum absolute atomic E-state index is 9.97. The van der Waals surface area contributed by atoms with Crippen molar-refractivity contribution in [2.45, 2.75) is 44.8 Å². The molecule has 0 spiro atoms. The van der Waals surface area contributed by atoms with Crippen LogP contribution in [0, 0.1) is 6.92 Å². The summed E-state index contributed by atoms with van der Waals surface area (Å²) in [5.41, 5.74) is 2.14. The summed E-state index contributed by atoms with van der Waals surface area (Å²) in [5.74, 6) is 0. The van der Waals surface area contributed by atoms with Crippen molar-refractivity contribution in [3.8, 4) is 0 Å². The molecule has 1 fully saturated rings. The normalized spacial score (nSPS) is 22.2. The first kappa shape index (κ1) is 11.6. The standard InChI is InChI=1S/C13H19NO2/c1-10-4-2-6-14-13(10)9-11(15)8-12-5-3-7-16-12/h2,4,6,11-12,15H,3,5,7-9H2,1H3. The molecule has 0 aliphatic carbocycles. The Kier molecular flexibility index (Phi) is 3.91. The van der Waals surface area contributed by atoms with Crippen LogP contribution in [0.1, 0.15) is 30.5 Å². The number of nitrogens with zero attached hydrogens (tertiary/aromatic N) is 1. The van der Waals surface area contributed by atoms with Crippen molar-refractivity contribution in [1.29, 1.82) is 0 Å². The number of aromatic nitrogens is 1. The van der Waals surface area contributed by atoms with Crippen LogP contribution in [0.2, 0.25) is 0 Å². The van der Waals surface area contributed by atoms with Crippen LogP contribution in [-0.4, -0.2) is 28.9 Å². The van der Waals surface area contributed by atoms with Gasteiger partial charge in [0.2, 0.25) is 0 Å². The summed E-state index contributed by atoms with van der Waals surface area (Å²) in [5, 5.41) is 9.97. The molecule has 1 aliphatic heterocycles. The third-order valence-electron chi connectivity index (χ3n) is 3.11. The molecule has 0 aromatic carbocycles. The van der Waals surface area contributed by atoms with E-state index in [1.54, 1.807) is 6.20 Å². The molecule has 2 unspecified atom stereocenters. The van der Waals surface area contributed by atoms with Gasteiger partial charge in [0, 0.05) is 24.9 Å². The highest BCUT2D eigenvalue weighted by atomic mass is 16.5. The lowest BCUT2D eigenvalue weighted by Crippen LogP contribution is -2.20. The SMILES string of the molecule is Cc1cccnc1CC(O)CC1CCCO1. The van der Waals surface area contributed by atoms with Crippen molar-refractivity contribution in [2.24, 2.45) is 0 Å². The van der Waals surface area contributed by atoms with E-state index in [1.807, 2.05) is 19.1 Å². The Morgan fingerprint density at radius 3 is 3.19 bits per heavy atom. The van der Waals surface area contributed by atoms with Gasteiger partial charge < -0.3 is 9.84 Å². The van der Waals surface area contributed by atoms with E-state index < -0.39 is 0 Å². The number of aryl methyl sites for hydroxylation is 1. The monoisotopic (exact) mass is 221 g/mol. The lowest BCUT2D eigenvalue weighted by atomic mass is 10.0. The smallest absolute Gasteiger partial charge is 0.0620 e. The minimum absolute atomic E-state index is 0.249. The Bertz CT molecular complexity index is 334. The molecule has 0 saturated carbocycles. The zero-order chi connectivity index (χ0) is 11.4. The average Bonchev–Trinajstić information content (AvgIpc) is 2.74. The van der Waals surface area contributed by atoms with Gasteiger partial charge in [0.05, 0.1) is 12.2 Å². The summed E-state index contributed by atoms with van der Waals surface area (Å²) in [6.45, 7) is 2.88. The van der Waals surface area contributed by atoms with Crippen molar-refractivity contribution in [3.63, 3.8) is 0 Å². The molecule has 2 atom stereocenters. The number of aliphatic hydroxyl groups is 1. The van der Waals surface area contributed by atoms with Gasteiger partial charge in [-0.05, 0) is 37.8 Å². The highest BCUT2D eigenvalue weighted by Gasteiger charge is 2.20. The molecule has 0 bridgehead atoms. The van der Waals surface area contributed by atoms with E-state index in [2.05, 4.69) is 4.98 Å². The molecule has 1 aliphatic rings. The zero-order valence-electron chi connectivity index (χ0n) is 9.72. The van der Waals surface area contributed by atoms with Crippen LogP contribution in [0.3, 0.4) is 0 Å². The van der Waals surface area contributed by atoms with Gasteiger partial charge in [-0.3, -0.25) is 4.98 Å². The van der Waals surface area contributed by atoms with Crippen LogP contribution in [-0.2, 0) is 11.2 Å². The molecule has 1 aromatic rings. The Morgan fingerprint density at radius 1 is 1.62 bits per heavy atom. The fraction of sp³-hybridized carbons (Fsp3) is 0.615. The fourth-order valence-electron chi connectivity index (χ4n) is 2.17. The van der Waals surface area contributed by atoms with Crippen LogP contribution in [0.4, 0.5) is 0 Å². The molecule has 0 radical (unpaired) electrons. The maximum Gasteiger partial charge on any atom is 0.0620 e. The van der Waals surface area contributed by atoms with Gasteiger partial charge in [-0.25, -0.2) is 0 Å². The summed E-state index contributed by atoms with van der Waals surface area (Å²) in [6.07, 6.45) is 5.26. The van der Waals surface area contributed by atoms with Crippen molar-refractivity contribution in [3.05, 3.63) is 29.6 Å². The summed E-state index contributed by atoms with van der Waals surface area (Å²) >= 11 is 0. The second kappa shape index (κ2) is 5.41. The van der Waals surface area contributed by atoms with E-state index in [-0.39, 0.29) is 12.2 Å². The second-order valence-electron chi connectivity index (χ2n) is 4.50. The first-order valence-electron chi connectivity index (χ1n) is 5.96. The lowest BCUT2D eigenvalue weighted by molar-refractivity contribution is 0.0537. The predicted octanol–water partition coefficient (Wildman–Crippen LogP) is 1.86. The Balaban J connectivity index is 1.86.